The summed E-state index contributed by atoms with van der Waals surface area (Å²) in [6.07, 6.45) is 0.118. The summed E-state index contributed by atoms with van der Waals surface area (Å²) in [4.78, 5) is 0. The second-order valence-corrected chi connectivity index (χ2v) is 3.19. The van der Waals surface area contributed by atoms with Crippen LogP contribution in [-0.4, -0.2) is 5.88 Å². The molecule has 0 aliphatic rings. The summed E-state index contributed by atoms with van der Waals surface area (Å²) in [6, 6.07) is 1.34. The van der Waals surface area contributed by atoms with E-state index in [1.54, 1.807) is 0 Å². The number of hydrogen-bond donors (Lipinski definition) is 0. The average molecular weight is 221 g/mol. The monoisotopic (exact) mass is 220 g/mol. The summed E-state index contributed by atoms with van der Waals surface area (Å²) in [5.74, 6) is -2.88. The van der Waals surface area contributed by atoms with Crippen molar-refractivity contribution < 1.29 is 13.2 Å². The largest absolute Gasteiger partial charge is 0.207 e. The maximum atomic E-state index is 13.0. The third-order valence-electron chi connectivity index (χ3n) is 1.72. The van der Waals surface area contributed by atoms with Gasteiger partial charge in [0.1, 0.15) is 5.82 Å². The molecule has 0 amide bonds. The Labute approximate surface area is 85.0 Å². The molecule has 4 heteroatoms. The first kappa shape index (κ1) is 11.1. The lowest BCUT2D eigenvalue weighted by Gasteiger charge is -2.04. The first-order valence-electron chi connectivity index (χ1n) is 3.90. The van der Waals surface area contributed by atoms with Gasteiger partial charge in [-0.15, -0.1) is 11.6 Å². The van der Waals surface area contributed by atoms with Crippen LogP contribution in [0.5, 0.6) is 0 Å². The van der Waals surface area contributed by atoms with E-state index in [2.05, 4.69) is 6.58 Å². The van der Waals surface area contributed by atoms with Crippen LogP contribution >= 0.6 is 11.6 Å². The van der Waals surface area contributed by atoms with Gasteiger partial charge in [-0.25, -0.2) is 13.2 Å². The van der Waals surface area contributed by atoms with Crippen molar-refractivity contribution in [3.63, 3.8) is 0 Å². The summed E-state index contributed by atoms with van der Waals surface area (Å²) < 4.78 is 38.3. The minimum absolute atomic E-state index is 0.0644. The molecule has 0 spiro atoms. The molecule has 0 radical (unpaired) electrons. The molecule has 0 fully saturated rings. The van der Waals surface area contributed by atoms with Gasteiger partial charge < -0.3 is 0 Å². The molecule has 0 bridgehead atoms. The van der Waals surface area contributed by atoms with Crippen molar-refractivity contribution in [1.29, 1.82) is 0 Å². The predicted molar refractivity (Wildman–Crippen MR) is 49.9 cm³/mol. The number of alkyl halides is 1. The van der Waals surface area contributed by atoms with E-state index in [9.17, 15) is 13.2 Å². The molecule has 0 heterocycles. The SMILES string of the molecule is C=C(CCl)Cc1cc(F)c(F)cc1F. The Bertz CT molecular complexity index is 361. The summed E-state index contributed by atoms with van der Waals surface area (Å²) in [6.45, 7) is 3.55. The molecule has 0 nitrogen and oxygen atoms in total. The molecule has 0 atom stereocenters. The highest BCUT2D eigenvalue weighted by molar-refractivity contribution is 6.19. The smallest absolute Gasteiger partial charge is 0.161 e. The van der Waals surface area contributed by atoms with Crippen molar-refractivity contribution in [3.8, 4) is 0 Å². The van der Waals surface area contributed by atoms with E-state index in [1.807, 2.05) is 0 Å². The van der Waals surface area contributed by atoms with Gasteiger partial charge in [0, 0.05) is 11.9 Å². The van der Waals surface area contributed by atoms with Gasteiger partial charge in [-0.05, 0) is 18.1 Å². The van der Waals surface area contributed by atoms with Gasteiger partial charge in [0.25, 0.3) is 0 Å². The van der Waals surface area contributed by atoms with Crippen molar-refractivity contribution in [3.05, 3.63) is 47.3 Å². The number of halogens is 4. The zero-order chi connectivity index (χ0) is 10.7. The average Bonchev–Trinajstić information content (AvgIpc) is 2.14. The number of allylic oxidation sites excluding steroid dienone is 1. The third-order valence-corrected chi connectivity index (χ3v) is 2.10. The van der Waals surface area contributed by atoms with Crippen LogP contribution in [0.15, 0.2) is 24.3 Å². The van der Waals surface area contributed by atoms with E-state index in [-0.39, 0.29) is 17.9 Å². The quantitative estimate of drug-likeness (QED) is 0.416. The van der Waals surface area contributed by atoms with Gasteiger partial charge in [0.05, 0.1) is 0 Å². The van der Waals surface area contributed by atoms with Crippen LogP contribution in [0.3, 0.4) is 0 Å². The Morgan fingerprint density at radius 1 is 1.14 bits per heavy atom. The summed E-state index contributed by atoms with van der Waals surface area (Å²) >= 11 is 5.44. The molecule has 0 unspecified atom stereocenters. The van der Waals surface area contributed by atoms with Crippen molar-refractivity contribution in [1.82, 2.24) is 0 Å². The Kier molecular flexibility index (Phi) is 3.58. The minimum atomic E-state index is -1.19. The van der Waals surface area contributed by atoms with Crippen molar-refractivity contribution in [2.24, 2.45) is 0 Å². The summed E-state index contributed by atoms with van der Waals surface area (Å²) in [5.41, 5.74) is 0.617. The lowest BCUT2D eigenvalue weighted by Crippen LogP contribution is -1.98. The standard InChI is InChI=1S/C10H8ClF3/c1-6(5-11)2-7-3-9(13)10(14)4-8(7)12/h3-4H,1-2,5H2. The van der Waals surface area contributed by atoms with Crippen molar-refractivity contribution in [2.75, 3.05) is 5.88 Å². The van der Waals surface area contributed by atoms with Gasteiger partial charge in [-0.3, -0.25) is 0 Å². The molecule has 0 saturated carbocycles. The molecule has 0 saturated heterocycles. The highest BCUT2D eigenvalue weighted by Crippen LogP contribution is 2.16. The summed E-state index contributed by atoms with van der Waals surface area (Å²) in [5, 5.41) is 0. The third kappa shape index (κ3) is 2.51. The van der Waals surface area contributed by atoms with Crippen LogP contribution in [0, 0.1) is 17.5 Å². The topological polar surface area (TPSA) is 0 Å². The molecule has 14 heavy (non-hydrogen) atoms. The van der Waals surface area contributed by atoms with E-state index in [1.165, 1.54) is 0 Å². The molecule has 1 aromatic carbocycles. The minimum Gasteiger partial charge on any atom is -0.207 e. The lowest BCUT2D eigenvalue weighted by molar-refractivity contribution is 0.491. The number of hydrogen-bond acceptors (Lipinski definition) is 0. The van der Waals surface area contributed by atoms with Crippen LogP contribution in [0.4, 0.5) is 13.2 Å². The molecule has 1 aromatic rings. The number of rotatable bonds is 3. The Morgan fingerprint density at radius 2 is 1.71 bits per heavy atom. The van der Waals surface area contributed by atoms with Gasteiger partial charge in [-0.2, -0.15) is 0 Å². The van der Waals surface area contributed by atoms with Crippen LogP contribution in [0.1, 0.15) is 5.56 Å². The van der Waals surface area contributed by atoms with E-state index in [4.69, 9.17) is 11.6 Å². The Morgan fingerprint density at radius 3 is 2.29 bits per heavy atom. The maximum absolute atomic E-state index is 13.0. The Balaban J connectivity index is 2.98. The second kappa shape index (κ2) is 4.51. The predicted octanol–water partition coefficient (Wildman–Crippen LogP) is 3.44. The van der Waals surface area contributed by atoms with Crippen LogP contribution in [-0.2, 0) is 6.42 Å². The van der Waals surface area contributed by atoms with Crippen molar-refractivity contribution >= 4 is 11.6 Å². The fraction of sp³-hybridized carbons (Fsp3) is 0.200. The highest BCUT2D eigenvalue weighted by Gasteiger charge is 2.10. The summed E-state index contributed by atoms with van der Waals surface area (Å²) in [7, 11) is 0. The van der Waals surface area contributed by atoms with E-state index < -0.39 is 17.5 Å². The molecule has 0 N–H and O–H groups in total. The van der Waals surface area contributed by atoms with E-state index >= 15 is 0 Å². The first-order valence-corrected chi connectivity index (χ1v) is 4.44. The molecular weight excluding hydrogens is 213 g/mol. The lowest BCUT2D eigenvalue weighted by atomic mass is 10.1. The van der Waals surface area contributed by atoms with E-state index in [0.717, 1.165) is 6.07 Å². The second-order valence-electron chi connectivity index (χ2n) is 2.92. The maximum Gasteiger partial charge on any atom is 0.161 e. The number of benzene rings is 1. The van der Waals surface area contributed by atoms with Crippen molar-refractivity contribution in [2.45, 2.75) is 6.42 Å². The molecule has 76 valence electrons. The first-order chi connectivity index (χ1) is 6.54. The fourth-order valence-electron chi connectivity index (χ4n) is 1.02. The highest BCUT2D eigenvalue weighted by atomic mass is 35.5. The van der Waals surface area contributed by atoms with Crippen LogP contribution < -0.4 is 0 Å². The molecule has 1 rings (SSSR count). The van der Waals surface area contributed by atoms with E-state index in [0.29, 0.717) is 11.6 Å². The zero-order valence-electron chi connectivity index (χ0n) is 7.29. The molecular formula is C10H8ClF3. The van der Waals surface area contributed by atoms with Gasteiger partial charge in [0.2, 0.25) is 0 Å². The van der Waals surface area contributed by atoms with Crippen LogP contribution in [0.2, 0.25) is 0 Å². The van der Waals surface area contributed by atoms with Gasteiger partial charge in [-0.1, -0.05) is 12.2 Å². The molecule has 0 aromatic heterocycles. The molecule has 0 aliphatic heterocycles. The Hall–Kier alpha value is -0.960. The fourth-order valence-corrected chi connectivity index (χ4v) is 1.11. The molecule has 0 aliphatic carbocycles. The van der Waals surface area contributed by atoms with Gasteiger partial charge in [0.15, 0.2) is 11.6 Å². The van der Waals surface area contributed by atoms with Gasteiger partial charge >= 0.3 is 0 Å². The van der Waals surface area contributed by atoms with Crippen LogP contribution in [0.25, 0.3) is 0 Å². The normalized spacial score (nSPS) is 10.3. The zero-order valence-corrected chi connectivity index (χ0v) is 8.04.